The minimum atomic E-state index is -0.652. The van der Waals surface area contributed by atoms with E-state index in [1.165, 1.54) is 11.8 Å². The fourth-order valence-electron chi connectivity index (χ4n) is 2.85. The molecule has 2 aromatic rings. The molecule has 1 aliphatic heterocycles. The van der Waals surface area contributed by atoms with Crippen LogP contribution in [0.3, 0.4) is 0 Å². The standard InChI is InChI=1S/C18H19N3OS/c1-12-7-6-8-13(2)16(12)18(20-11-15(23-18)17(19)22)21-14-9-4-3-5-10-14/h3-11,20-21H,1-2H3,(H2,19,22). The van der Waals surface area contributed by atoms with Crippen molar-refractivity contribution in [2.45, 2.75) is 18.8 Å². The first-order chi connectivity index (χ1) is 11.0. The minimum Gasteiger partial charge on any atom is -0.365 e. The van der Waals surface area contributed by atoms with Gasteiger partial charge in [-0.25, -0.2) is 0 Å². The van der Waals surface area contributed by atoms with Crippen LogP contribution in [-0.4, -0.2) is 5.91 Å². The highest BCUT2D eigenvalue weighted by Crippen LogP contribution is 2.45. The highest BCUT2D eigenvalue weighted by Gasteiger charge is 2.41. The Morgan fingerprint density at radius 1 is 1.09 bits per heavy atom. The van der Waals surface area contributed by atoms with Gasteiger partial charge in [0.1, 0.15) is 0 Å². The van der Waals surface area contributed by atoms with Crippen molar-refractivity contribution in [2.75, 3.05) is 5.32 Å². The summed E-state index contributed by atoms with van der Waals surface area (Å²) in [7, 11) is 0. The topological polar surface area (TPSA) is 67.2 Å². The van der Waals surface area contributed by atoms with E-state index in [9.17, 15) is 4.79 Å². The zero-order valence-corrected chi connectivity index (χ0v) is 13.9. The predicted molar refractivity (Wildman–Crippen MR) is 95.7 cm³/mol. The zero-order valence-electron chi connectivity index (χ0n) is 13.1. The molecule has 0 aromatic heterocycles. The quantitative estimate of drug-likeness (QED) is 0.807. The fraction of sp³-hybridized carbons (Fsp3) is 0.167. The van der Waals surface area contributed by atoms with Crippen LogP contribution in [-0.2, 0) is 9.79 Å². The van der Waals surface area contributed by atoms with Crippen molar-refractivity contribution in [3.05, 3.63) is 76.3 Å². The Bertz CT molecular complexity index is 753. The molecule has 0 fully saturated rings. The van der Waals surface area contributed by atoms with E-state index in [0.29, 0.717) is 4.91 Å². The van der Waals surface area contributed by atoms with Crippen molar-refractivity contribution in [1.82, 2.24) is 5.32 Å². The van der Waals surface area contributed by atoms with Gasteiger partial charge in [0.15, 0.2) is 4.99 Å². The SMILES string of the molecule is Cc1cccc(C)c1C1(Nc2ccccc2)NC=C(C(N)=O)S1. The Hall–Kier alpha value is -2.40. The predicted octanol–water partition coefficient (Wildman–Crippen LogP) is 3.19. The van der Waals surface area contributed by atoms with Gasteiger partial charge >= 0.3 is 0 Å². The number of benzene rings is 2. The number of carbonyl (C=O) groups excluding carboxylic acids is 1. The first kappa shape index (κ1) is 15.5. The number of carbonyl (C=O) groups is 1. The fourth-order valence-corrected chi connectivity index (χ4v) is 4.11. The largest absolute Gasteiger partial charge is 0.365 e. The molecule has 0 saturated carbocycles. The lowest BCUT2D eigenvalue weighted by atomic mass is 9.99. The van der Waals surface area contributed by atoms with Gasteiger partial charge in [-0.2, -0.15) is 0 Å². The van der Waals surface area contributed by atoms with Crippen molar-refractivity contribution in [3.8, 4) is 0 Å². The number of hydrogen-bond acceptors (Lipinski definition) is 4. The monoisotopic (exact) mass is 325 g/mol. The lowest BCUT2D eigenvalue weighted by molar-refractivity contribution is -0.113. The molecule has 1 atom stereocenters. The molecule has 4 N–H and O–H groups in total. The summed E-state index contributed by atoms with van der Waals surface area (Å²) in [5, 5.41) is 6.87. The summed E-state index contributed by atoms with van der Waals surface area (Å²) in [5.74, 6) is -0.425. The molecule has 4 nitrogen and oxygen atoms in total. The van der Waals surface area contributed by atoms with E-state index >= 15 is 0 Å². The van der Waals surface area contributed by atoms with E-state index in [0.717, 1.165) is 22.4 Å². The molecule has 0 radical (unpaired) electrons. The number of hydrogen-bond donors (Lipinski definition) is 3. The van der Waals surface area contributed by atoms with Gasteiger partial charge in [0, 0.05) is 17.5 Å². The average molecular weight is 325 g/mol. The van der Waals surface area contributed by atoms with Gasteiger partial charge in [0.25, 0.3) is 5.91 Å². The van der Waals surface area contributed by atoms with E-state index in [2.05, 4.69) is 36.6 Å². The smallest absolute Gasteiger partial charge is 0.256 e. The Balaban J connectivity index is 2.07. The molecule has 0 bridgehead atoms. The summed E-state index contributed by atoms with van der Waals surface area (Å²) in [4.78, 5) is 11.5. The Kier molecular flexibility index (Phi) is 4.05. The first-order valence-electron chi connectivity index (χ1n) is 7.38. The summed E-state index contributed by atoms with van der Waals surface area (Å²) < 4.78 is 0. The lowest BCUT2D eigenvalue weighted by Crippen LogP contribution is -2.42. The van der Waals surface area contributed by atoms with Crippen molar-refractivity contribution in [1.29, 1.82) is 0 Å². The number of nitrogens with one attached hydrogen (secondary N) is 2. The maximum Gasteiger partial charge on any atom is 0.256 e. The molecule has 1 amide bonds. The van der Waals surface area contributed by atoms with Crippen LogP contribution in [0.4, 0.5) is 5.69 Å². The molecule has 1 aliphatic rings. The van der Waals surface area contributed by atoms with Gasteiger partial charge < -0.3 is 16.4 Å². The van der Waals surface area contributed by atoms with E-state index < -0.39 is 10.9 Å². The van der Waals surface area contributed by atoms with Crippen LogP contribution in [0.1, 0.15) is 16.7 Å². The molecule has 23 heavy (non-hydrogen) atoms. The highest BCUT2D eigenvalue weighted by molar-refractivity contribution is 8.05. The number of nitrogens with two attached hydrogens (primary N) is 1. The van der Waals surface area contributed by atoms with Crippen LogP contribution in [0, 0.1) is 13.8 Å². The summed E-state index contributed by atoms with van der Waals surface area (Å²) in [6, 6.07) is 16.1. The summed E-state index contributed by atoms with van der Waals surface area (Å²) in [6.07, 6.45) is 1.69. The van der Waals surface area contributed by atoms with Gasteiger partial charge in [0.2, 0.25) is 0 Å². The Morgan fingerprint density at radius 2 is 1.74 bits per heavy atom. The number of aryl methyl sites for hydroxylation is 2. The van der Waals surface area contributed by atoms with Crippen LogP contribution < -0.4 is 16.4 Å². The maximum atomic E-state index is 11.6. The number of para-hydroxylation sites is 1. The van der Waals surface area contributed by atoms with Crippen molar-refractivity contribution >= 4 is 23.4 Å². The second kappa shape index (κ2) is 6.01. The molecular weight excluding hydrogens is 306 g/mol. The van der Waals surface area contributed by atoms with Crippen molar-refractivity contribution in [3.63, 3.8) is 0 Å². The third kappa shape index (κ3) is 2.92. The van der Waals surface area contributed by atoms with Crippen LogP contribution in [0.5, 0.6) is 0 Å². The molecule has 1 heterocycles. The molecule has 2 aromatic carbocycles. The second-order valence-corrected chi connectivity index (χ2v) is 6.81. The highest BCUT2D eigenvalue weighted by atomic mass is 32.2. The molecule has 0 saturated heterocycles. The van der Waals surface area contributed by atoms with E-state index in [1.54, 1.807) is 6.20 Å². The van der Waals surface area contributed by atoms with Crippen LogP contribution >= 0.6 is 11.8 Å². The van der Waals surface area contributed by atoms with Crippen LogP contribution in [0.25, 0.3) is 0 Å². The van der Waals surface area contributed by atoms with Crippen LogP contribution in [0.2, 0.25) is 0 Å². The number of amides is 1. The molecule has 3 rings (SSSR count). The first-order valence-corrected chi connectivity index (χ1v) is 8.20. The summed E-state index contributed by atoms with van der Waals surface area (Å²) in [6.45, 7) is 4.14. The zero-order chi connectivity index (χ0) is 16.4. The normalized spacial score (nSPS) is 19.8. The Labute approximate surface area is 140 Å². The van der Waals surface area contributed by atoms with Crippen LogP contribution in [0.15, 0.2) is 59.6 Å². The second-order valence-electron chi connectivity index (χ2n) is 5.56. The summed E-state index contributed by atoms with van der Waals surface area (Å²) >= 11 is 1.41. The molecule has 5 heteroatoms. The molecule has 0 spiro atoms. The number of thioether (sulfide) groups is 1. The van der Waals surface area contributed by atoms with E-state index in [1.807, 2.05) is 36.4 Å². The molecule has 1 unspecified atom stereocenters. The molecule has 118 valence electrons. The van der Waals surface area contributed by atoms with Gasteiger partial charge in [-0.05, 0) is 37.1 Å². The molecule has 0 aliphatic carbocycles. The van der Waals surface area contributed by atoms with Gasteiger partial charge in [-0.1, -0.05) is 48.2 Å². The summed E-state index contributed by atoms with van der Waals surface area (Å²) in [5.41, 5.74) is 9.84. The van der Waals surface area contributed by atoms with E-state index in [4.69, 9.17) is 5.73 Å². The average Bonchev–Trinajstić information content (AvgIpc) is 2.93. The van der Waals surface area contributed by atoms with Crippen molar-refractivity contribution < 1.29 is 4.79 Å². The Morgan fingerprint density at radius 3 is 2.30 bits per heavy atom. The molecular formula is C18H19N3OS. The lowest BCUT2D eigenvalue weighted by Gasteiger charge is -2.34. The van der Waals surface area contributed by atoms with Gasteiger partial charge in [0.05, 0.1) is 4.91 Å². The maximum absolute atomic E-state index is 11.6. The van der Waals surface area contributed by atoms with Crippen molar-refractivity contribution in [2.24, 2.45) is 5.73 Å². The van der Waals surface area contributed by atoms with Gasteiger partial charge in [-0.15, -0.1) is 0 Å². The van der Waals surface area contributed by atoms with Gasteiger partial charge in [-0.3, -0.25) is 4.79 Å². The number of rotatable bonds is 4. The third-order valence-corrected chi connectivity index (χ3v) is 5.11. The number of anilines is 1. The minimum absolute atomic E-state index is 0.425. The third-order valence-electron chi connectivity index (χ3n) is 3.84. The van der Waals surface area contributed by atoms with E-state index in [-0.39, 0.29) is 0 Å². The number of primary amides is 1.